The Morgan fingerprint density at radius 3 is 2.46 bits per heavy atom. The van der Waals surface area contributed by atoms with Crippen molar-refractivity contribution in [3.05, 3.63) is 69.8 Å². The Balaban J connectivity index is 0.000000500. The second kappa shape index (κ2) is 9.07. The Bertz CT molecular complexity index is 1140. The van der Waals surface area contributed by atoms with E-state index in [0.717, 1.165) is 10.9 Å². The van der Waals surface area contributed by atoms with E-state index in [-0.39, 0.29) is 5.84 Å². The van der Waals surface area contributed by atoms with E-state index in [2.05, 4.69) is 15.5 Å². The van der Waals surface area contributed by atoms with Gasteiger partial charge < -0.3 is 10.7 Å². The number of hydrogen-bond acceptors (Lipinski definition) is 4. The number of nitrogens with one attached hydrogen (secondary N) is 2. The van der Waals surface area contributed by atoms with Crippen LogP contribution in [0.25, 0.3) is 10.9 Å². The van der Waals surface area contributed by atoms with Crippen LogP contribution in [0.2, 0.25) is 10.0 Å². The second-order valence-electron chi connectivity index (χ2n) is 5.57. The van der Waals surface area contributed by atoms with Crippen LogP contribution in [0.15, 0.2) is 53.6 Å². The van der Waals surface area contributed by atoms with Gasteiger partial charge in [-0.25, -0.2) is 5.43 Å². The van der Waals surface area contributed by atoms with Gasteiger partial charge in [-0.1, -0.05) is 35.3 Å². The zero-order valence-corrected chi connectivity index (χ0v) is 16.8. The van der Waals surface area contributed by atoms with E-state index in [0.29, 0.717) is 27.6 Å². The minimum absolute atomic E-state index is 0.128. The van der Waals surface area contributed by atoms with Crippen LogP contribution in [0.4, 0.5) is 0 Å². The van der Waals surface area contributed by atoms with Crippen molar-refractivity contribution in [2.45, 2.75) is 0 Å². The number of H-pyrrole nitrogens is 1. The van der Waals surface area contributed by atoms with Crippen LogP contribution in [-0.2, 0) is 10.1 Å². The van der Waals surface area contributed by atoms with Crippen molar-refractivity contribution in [1.29, 1.82) is 0 Å². The number of carbonyl (C=O) groups is 1. The predicted octanol–water partition coefficient (Wildman–Crippen LogP) is 3.03. The molecule has 2 aromatic carbocycles. The summed E-state index contributed by atoms with van der Waals surface area (Å²) in [5, 5.41) is 5.78. The van der Waals surface area contributed by atoms with Gasteiger partial charge in [0.05, 0.1) is 11.3 Å². The Kier molecular flexibility index (Phi) is 7.03. The fraction of sp³-hybridized carbons (Fsp3) is 0.0588. The average Bonchev–Trinajstić information content (AvgIpc) is 3.01. The monoisotopic (exact) mass is 442 g/mol. The molecule has 0 fully saturated rings. The molecule has 0 aliphatic rings. The SMILES string of the molecule is CS(=O)(=O)O.NC(=NNC(=O)c1cc2cc(Cl)ccc2[nH]1)c1ccccc1Cl. The molecule has 0 radical (unpaired) electrons. The lowest BCUT2D eigenvalue weighted by atomic mass is 10.2. The van der Waals surface area contributed by atoms with Crippen molar-refractivity contribution in [3.8, 4) is 0 Å². The smallest absolute Gasteiger partial charge is 0.287 e. The van der Waals surface area contributed by atoms with Crippen LogP contribution in [0.5, 0.6) is 0 Å². The van der Waals surface area contributed by atoms with Crippen molar-refractivity contribution in [2.75, 3.05) is 6.26 Å². The number of aromatic nitrogens is 1. The fourth-order valence-electron chi connectivity index (χ4n) is 2.13. The Labute approximate surface area is 171 Å². The number of aromatic amines is 1. The summed E-state index contributed by atoms with van der Waals surface area (Å²) in [4.78, 5) is 15.1. The molecule has 5 N–H and O–H groups in total. The molecule has 0 saturated carbocycles. The van der Waals surface area contributed by atoms with Gasteiger partial charge in [-0.15, -0.1) is 0 Å². The van der Waals surface area contributed by atoms with Crippen LogP contribution in [0.3, 0.4) is 0 Å². The van der Waals surface area contributed by atoms with E-state index in [1.165, 1.54) is 0 Å². The first-order valence-corrected chi connectivity index (χ1v) is 10.2. The minimum Gasteiger partial charge on any atom is -0.382 e. The van der Waals surface area contributed by atoms with Crippen molar-refractivity contribution in [3.63, 3.8) is 0 Å². The Morgan fingerprint density at radius 2 is 1.82 bits per heavy atom. The summed E-state index contributed by atoms with van der Waals surface area (Å²) >= 11 is 12.0. The summed E-state index contributed by atoms with van der Waals surface area (Å²) in [7, 11) is -3.67. The van der Waals surface area contributed by atoms with Gasteiger partial charge >= 0.3 is 0 Å². The van der Waals surface area contributed by atoms with Crippen LogP contribution in [0, 0.1) is 0 Å². The molecular weight excluding hydrogens is 427 g/mol. The third-order valence-corrected chi connectivity index (χ3v) is 3.82. The number of amidine groups is 1. The lowest BCUT2D eigenvalue weighted by molar-refractivity contribution is 0.0950. The topological polar surface area (TPSA) is 138 Å². The maximum Gasteiger partial charge on any atom is 0.287 e. The number of benzene rings is 2. The molecule has 3 aromatic rings. The molecule has 1 heterocycles. The lowest BCUT2D eigenvalue weighted by Crippen LogP contribution is -2.24. The summed E-state index contributed by atoms with van der Waals surface area (Å²) in [6.45, 7) is 0. The van der Waals surface area contributed by atoms with Gasteiger partial charge in [0, 0.05) is 21.5 Å². The van der Waals surface area contributed by atoms with Crippen LogP contribution in [0.1, 0.15) is 16.1 Å². The quantitative estimate of drug-likeness (QED) is 0.213. The number of rotatable bonds is 3. The van der Waals surface area contributed by atoms with Gasteiger partial charge in [-0.05, 0) is 36.4 Å². The fourth-order valence-corrected chi connectivity index (χ4v) is 2.54. The van der Waals surface area contributed by atoms with Crippen LogP contribution < -0.4 is 11.2 Å². The second-order valence-corrected chi connectivity index (χ2v) is 7.88. The van der Waals surface area contributed by atoms with Crippen molar-refractivity contribution in [1.82, 2.24) is 10.4 Å². The van der Waals surface area contributed by atoms with Crippen LogP contribution in [-0.4, -0.2) is 36.0 Å². The first-order chi connectivity index (χ1) is 13.0. The van der Waals surface area contributed by atoms with Gasteiger partial charge in [-0.3, -0.25) is 9.35 Å². The molecule has 0 bridgehead atoms. The normalized spacial score (nSPS) is 11.6. The molecule has 0 unspecified atom stereocenters. The number of fused-ring (bicyclic) bond motifs is 1. The first kappa shape index (κ1) is 21.7. The maximum absolute atomic E-state index is 12.1. The summed E-state index contributed by atoms with van der Waals surface area (Å²) < 4.78 is 25.9. The highest BCUT2D eigenvalue weighted by atomic mass is 35.5. The number of nitrogens with two attached hydrogens (primary N) is 1. The first-order valence-electron chi connectivity index (χ1n) is 7.63. The molecule has 1 aromatic heterocycles. The maximum atomic E-state index is 12.1. The number of nitrogens with zero attached hydrogens (tertiary/aromatic N) is 1. The van der Waals surface area contributed by atoms with E-state index in [4.69, 9.17) is 33.5 Å². The minimum atomic E-state index is -3.67. The Morgan fingerprint density at radius 1 is 1.18 bits per heavy atom. The van der Waals surface area contributed by atoms with Crippen molar-refractivity contribution < 1.29 is 17.8 Å². The molecule has 11 heteroatoms. The summed E-state index contributed by atoms with van der Waals surface area (Å²) in [6, 6.07) is 14.0. The van der Waals surface area contributed by atoms with E-state index in [1.807, 2.05) is 0 Å². The van der Waals surface area contributed by atoms with E-state index >= 15 is 0 Å². The largest absolute Gasteiger partial charge is 0.382 e. The molecule has 0 saturated heterocycles. The third-order valence-electron chi connectivity index (χ3n) is 3.26. The van der Waals surface area contributed by atoms with Crippen molar-refractivity contribution in [2.24, 2.45) is 10.8 Å². The summed E-state index contributed by atoms with van der Waals surface area (Å²) in [6.07, 6.45) is 0.715. The highest BCUT2D eigenvalue weighted by Crippen LogP contribution is 2.20. The molecule has 28 heavy (non-hydrogen) atoms. The van der Waals surface area contributed by atoms with E-state index in [9.17, 15) is 13.2 Å². The van der Waals surface area contributed by atoms with Gasteiger partial charge in [-0.2, -0.15) is 13.5 Å². The molecule has 0 atom stereocenters. The number of halogens is 2. The van der Waals surface area contributed by atoms with Gasteiger partial charge in [0.15, 0.2) is 5.84 Å². The number of carbonyl (C=O) groups excluding carboxylic acids is 1. The summed E-state index contributed by atoms with van der Waals surface area (Å²) in [5.41, 5.74) is 9.96. The van der Waals surface area contributed by atoms with Crippen molar-refractivity contribution >= 4 is 56.0 Å². The molecule has 0 spiro atoms. The molecule has 0 aliphatic carbocycles. The molecular formula is C17H16Cl2N4O4S. The molecule has 1 amide bonds. The van der Waals surface area contributed by atoms with Gasteiger partial charge in [0.25, 0.3) is 16.0 Å². The molecule has 3 rings (SSSR count). The van der Waals surface area contributed by atoms with Gasteiger partial charge in [0.1, 0.15) is 5.69 Å². The highest BCUT2D eigenvalue weighted by molar-refractivity contribution is 7.85. The average molecular weight is 443 g/mol. The lowest BCUT2D eigenvalue weighted by Gasteiger charge is -2.03. The Hall–Kier alpha value is -2.59. The zero-order valence-electron chi connectivity index (χ0n) is 14.5. The zero-order chi connectivity index (χ0) is 20.9. The standard InChI is InChI=1S/C16H12Cl2N4O.CH4O3S/c17-10-5-6-13-9(7-10)8-14(20-13)16(23)22-21-15(19)11-3-1-2-4-12(11)18;1-5(2,3)4/h1-8,20H,(H2,19,21)(H,22,23);1H3,(H,2,3,4). The van der Waals surface area contributed by atoms with E-state index in [1.54, 1.807) is 48.5 Å². The third kappa shape index (κ3) is 6.54. The number of hydrogen-bond donors (Lipinski definition) is 4. The van der Waals surface area contributed by atoms with Crippen LogP contribution >= 0.6 is 23.2 Å². The number of hydrazone groups is 1. The van der Waals surface area contributed by atoms with E-state index < -0.39 is 16.0 Å². The molecule has 8 nitrogen and oxygen atoms in total. The molecule has 0 aliphatic heterocycles. The highest BCUT2D eigenvalue weighted by Gasteiger charge is 2.10. The summed E-state index contributed by atoms with van der Waals surface area (Å²) in [5.74, 6) is -0.282. The molecule has 148 valence electrons. The number of amides is 1. The predicted molar refractivity (Wildman–Crippen MR) is 110 cm³/mol. The van der Waals surface area contributed by atoms with Gasteiger partial charge in [0.2, 0.25) is 0 Å².